The van der Waals surface area contributed by atoms with Gasteiger partial charge in [0.15, 0.2) is 0 Å². The molecule has 1 aliphatic rings. The van der Waals surface area contributed by atoms with Gasteiger partial charge in [-0.1, -0.05) is 0 Å². The number of carboxylic acids is 1. The van der Waals surface area contributed by atoms with Crippen LogP contribution in [0.15, 0.2) is 6.07 Å². The lowest BCUT2D eigenvalue weighted by atomic mass is 10.2. The third-order valence-electron chi connectivity index (χ3n) is 3.11. The Balaban J connectivity index is 2.14. The van der Waals surface area contributed by atoms with Crippen LogP contribution in [0, 0.1) is 0 Å². The summed E-state index contributed by atoms with van der Waals surface area (Å²) in [6.07, 6.45) is 1.08. The molecular weight excluding hydrogens is 280 g/mol. The Bertz CT molecular complexity index is 528. The molecule has 9 heteroatoms. The Kier molecular flexibility index (Phi) is 4.41. The second kappa shape index (κ2) is 6.25. The lowest BCUT2D eigenvalue weighted by molar-refractivity contribution is -0.141. The maximum atomic E-state index is 12.1. The topological polar surface area (TPSA) is 114 Å². The van der Waals surface area contributed by atoms with E-state index in [0.717, 1.165) is 0 Å². The van der Waals surface area contributed by atoms with E-state index in [9.17, 15) is 9.59 Å². The molecule has 2 rings (SSSR count). The van der Waals surface area contributed by atoms with Crippen LogP contribution in [-0.2, 0) is 4.79 Å². The monoisotopic (exact) mass is 296 g/mol. The van der Waals surface area contributed by atoms with E-state index in [2.05, 4.69) is 15.3 Å². The Morgan fingerprint density at radius 1 is 1.33 bits per heavy atom. The van der Waals surface area contributed by atoms with Crippen molar-refractivity contribution in [1.29, 1.82) is 0 Å². The smallest absolute Gasteiger partial charge is 0.326 e. The zero-order valence-electron chi connectivity index (χ0n) is 11.7. The van der Waals surface area contributed by atoms with Gasteiger partial charge in [0, 0.05) is 6.54 Å². The summed E-state index contributed by atoms with van der Waals surface area (Å²) in [7, 11) is 2.85. The largest absolute Gasteiger partial charge is 0.481 e. The molecule has 1 aromatic heterocycles. The number of carboxylic acid groups (broad SMARTS) is 1. The fourth-order valence-corrected chi connectivity index (χ4v) is 2.10. The fourth-order valence-electron chi connectivity index (χ4n) is 2.10. The first-order valence-corrected chi connectivity index (χ1v) is 6.32. The molecule has 0 aromatic carbocycles. The van der Waals surface area contributed by atoms with E-state index < -0.39 is 18.0 Å². The van der Waals surface area contributed by atoms with Gasteiger partial charge >= 0.3 is 12.0 Å². The number of nitrogens with one attached hydrogen (secondary N) is 1. The number of hydrogen-bond acceptors (Lipinski definition) is 6. The number of aliphatic carboxylic acids is 1. The predicted octanol–water partition coefficient (Wildman–Crippen LogP) is 0.575. The van der Waals surface area contributed by atoms with Crippen molar-refractivity contribution in [2.75, 3.05) is 26.1 Å². The summed E-state index contributed by atoms with van der Waals surface area (Å²) in [5.41, 5.74) is 0. The minimum absolute atomic E-state index is 0.00719. The van der Waals surface area contributed by atoms with E-state index in [1.165, 1.54) is 25.2 Å². The molecule has 1 aromatic rings. The van der Waals surface area contributed by atoms with Crippen LogP contribution >= 0.6 is 0 Å². The van der Waals surface area contributed by atoms with Crippen molar-refractivity contribution < 1.29 is 24.2 Å². The fraction of sp³-hybridized carbons (Fsp3) is 0.500. The first-order valence-electron chi connectivity index (χ1n) is 6.32. The van der Waals surface area contributed by atoms with Crippen molar-refractivity contribution in [2.45, 2.75) is 18.9 Å². The summed E-state index contributed by atoms with van der Waals surface area (Å²) in [4.78, 5) is 32.4. The molecule has 0 aliphatic carbocycles. The van der Waals surface area contributed by atoms with Gasteiger partial charge in [-0.25, -0.2) is 9.59 Å². The molecule has 0 radical (unpaired) electrons. The highest BCUT2D eigenvalue weighted by molar-refractivity contribution is 5.91. The van der Waals surface area contributed by atoms with E-state index in [4.69, 9.17) is 14.6 Å². The highest BCUT2D eigenvalue weighted by atomic mass is 16.5. The highest BCUT2D eigenvalue weighted by Crippen LogP contribution is 2.20. The van der Waals surface area contributed by atoms with Crippen molar-refractivity contribution in [2.24, 2.45) is 0 Å². The molecule has 0 saturated carbocycles. The molecule has 21 heavy (non-hydrogen) atoms. The maximum Gasteiger partial charge on any atom is 0.326 e. The van der Waals surface area contributed by atoms with Gasteiger partial charge in [-0.05, 0) is 12.8 Å². The van der Waals surface area contributed by atoms with E-state index in [1.807, 2.05) is 0 Å². The van der Waals surface area contributed by atoms with Crippen molar-refractivity contribution in [3.05, 3.63) is 6.07 Å². The number of aromatic nitrogens is 2. The van der Waals surface area contributed by atoms with Gasteiger partial charge in [0.05, 0.1) is 20.3 Å². The normalized spacial score (nSPS) is 17.4. The Hall–Kier alpha value is -2.58. The molecule has 1 atom stereocenters. The number of carbonyl (C=O) groups excluding carboxylic acids is 1. The molecule has 1 fully saturated rings. The predicted molar refractivity (Wildman–Crippen MR) is 71.5 cm³/mol. The number of ether oxygens (including phenoxy) is 2. The van der Waals surface area contributed by atoms with Crippen LogP contribution in [0.1, 0.15) is 12.8 Å². The van der Waals surface area contributed by atoms with E-state index in [1.54, 1.807) is 0 Å². The van der Waals surface area contributed by atoms with E-state index in [0.29, 0.717) is 19.4 Å². The number of nitrogens with zero attached hydrogens (tertiary/aromatic N) is 3. The molecule has 0 spiro atoms. The average Bonchev–Trinajstić information content (AvgIpc) is 2.96. The number of methoxy groups -OCH3 is 2. The van der Waals surface area contributed by atoms with Gasteiger partial charge in [0.2, 0.25) is 17.7 Å². The summed E-state index contributed by atoms with van der Waals surface area (Å²) >= 11 is 0. The van der Waals surface area contributed by atoms with Crippen molar-refractivity contribution >= 4 is 17.9 Å². The van der Waals surface area contributed by atoms with Crippen molar-refractivity contribution in [3.63, 3.8) is 0 Å². The van der Waals surface area contributed by atoms with Crippen LogP contribution in [0.4, 0.5) is 10.7 Å². The third kappa shape index (κ3) is 3.30. The number of carbonyl (C=O) groups is 2. The molecule has 2 amide bonds. The Labute approximate surface area is 120 Å². The Morgan fingerprint density at radius 3 is 2.48 bits per heavy atom. The first-order chi connectivity index (χ1) is 10.0. The quantitative estimate of drug-likeness (QED) is 0.835. The van der Waals surface area contributed by atoms with Gasteiger partial charge in [-0.15, -0.1) is 0 Å². The summed E-state index contributed by atoms with van der Waals surface area (Å²) in [6, 6.07) is 0.0821. The summed E-state index contributed by atoms with van der Waals surface area (Å²) in [5.74, 6) is -0.569. The van der Waals surface area contributed by atoms with Gasteiger partial charge in [-0.2, -0.15) is 9.97 Å². The van der Waals surface area contributed by atoms with Crippen LogP contribution in [0.3, 0.4) is 0 Å². The molecule has 2 N–H and O–H groups in total. The minimum atomic E-state index is -1.02. The van der Waals surface area contributed by atoms with Crippen molar-refractivity contribution in [3.8, 4) is 11.8 Å². The third-order valence-corrected chi connectivity index (χ3v) is 3.11. The lowest BCUT2D eigenvalue weighted by Crippen LogP contribution is -2.43. The number of anilines is 1. The zero-order chi connectivity index (χ0) is 15.4. The molecule has 0 unspecified atom stereocenters. The van der Waals surface area contributed by atoms with E-state index in [-0.39, 0.29) is 17.7 Å². The highest BCUT2D eigenvalue weighted by Gasteiger charge is 2.34. The SMILES string of the molecule is COc1cc(OC)nc(NC(=O)N2CCC[C@H]2C(=O)O)n1. The number of urea groups is 1. The van der Waals surface area contributed by atoms with Crippen LogP contribution < -0.4 is 14.8 Å². The number of hydrogen-bond donors (Lipinski definition) is 2. The molecule has 1 aliphatic heterocycles. The van der Waals surface area contributed by atoms with Crippen molar-refractivity contribution in [1.82, 2.24) is 14.9 Å². The second-order valence-electron chi connectivity index (χ2n) is 4.40. The molecule has 1 saturated heterocycles. The molecule has 0 bridgehead atoms. The molecule has 2 heterocycles. The standard InChI is InChI=1S/C12H16N4O5/c1-20-8-6-9(21-2)14-11(13-8)15-12(19)16-5-3-4-7(16)10(17)18/h6-7H,3-5H2,1-2H3,(H,17,18)(H,13,14,15,19)/t7-/m0/s1. The lowest BCUT2D eigenvalue weighted by Gasteiger charge is -2.21. The second-order valence-corrected chi connectivity index (χ2v) is 4.40. The van der Waals surface area contributed by atoms with Crippen LogP contribution in [0.25, 0.3) is 0 Å². The van der Waals surface area contributed by atoms with Crippen LogP contribution in [-0.4, -0.2) is 58.8 Å². The molecular formula is C12H16N4O5. The first kappa shape index (κ1) is 14.8. The molecule has 114 valence electrons. The number of likely N-dealkylation sites (tertiary alicyclic amines) is 1. The van der Waals surface area contributed by atoms with Gasteiger partial charge < -0.3 is 19.5 Å². The van der Waals surface area contributed by atoms with Gasteiger partial charge in [0.1, 0.15) is 6.04 Å². The summed E-state index contributed by atoms with van der Waals surface area (Å²) < 4.78 is 9.95. The number of rotatable bonds is 4. The maximum absolute atomic E-state index is 12.1. The van der Waals surface area contributed by atoms with Crippen LogP contribution in [0.5, 0.6) is 11.8 Å². The summed E-state index contributed by atoms with van der Waals surface area (Å²) in [5, 5.41) is 11.5. The zero-order valence-corrected chi connectivity index (χ0v) is 11.7. The van der Waals surface area contributed by atoms with E-state index >= 15 is 0 Å². The summed E-state index contributed by atoms with van der Waals surface area (Å²) in [6.45, 7) is 0.379. The molecule has 9 nitrogen and oxygen atoms in total. The number of amides is 2. The van der Waals surface area contributed by atoms with Gasteiger partial charge in [-0.3, -0.25) is 5.32 Å². The minimum Gasteiger partial charge on any atom is -0.481 e. The van der Waals surface area contributed by atoms with Gasteiger partial charge in [0.25, 0.3) is 0 Å². The van der Waals surface area contributed by atoms with Crippen LogP contribution in [0.2, 0.25) is 0 Å². The Morgan fingerprint density at radius 2 is 1.95 bits per heavy atom. The average molecular weight is 296 g/mol.